The normalized spacial score (nSPS) is 26.8. The standard InChI is InChI=1S/C24H24O9/c25-10-13-8-20(23(28)24(29)21(13)26)33-14-2-3-15-18(9-14)32-11-16(22(15)27)12-1-4-17-19(7-12)31-6-5-30-17/h1-4,7,9,11,13,20-21,23-26,28-29H,5-6,8,10H2. The van der Waals surface area contributed by atoms with E-state index in [2.05, 4.69) is 0 Å². The fraction of sp³-hybridized carbons (Fsp3) is 0.375. The quantitative estimate of drug-likeness (QED) is 0.454. The zero-order valence-corrected chi connectivity index (χ0v) is 17.6. The predicted molar refractivity (Wildman–Crippen MR) is 117 cm³/mol. The van der Waals surface area contributed by atoms with E-state index >= 15 is 0 Å². The van der Waals surface area contributed by atoms with Gasteiger partial charge in [-0.15, -0.1) is 0 Å². The van der Waals surface area contributed by atoms with Gasteiger partial charge in [0.1, 0.15) is 49.1 Å². The first-order chi connectivity index (χ1) is 16.0. The van der Waals surface area contributed by atoms with Crippen molar-refractivity contribution in [2.45, 2.75) is 30.8 Å². The van der Waals surface area contributed by atoms with Gasteiger partial charge in [0.15, 0.2) is 16.9 Å². The Morgan fingerprint density at radius 1 is 0.939 bits per heavy atom. The van der Waals surface area contributed by atoms with Crippen LogP contribution in [-0.2, 0) is 0 Å². The maximum absolute atomic E-state index is 13.1. The first kappa shape index (κ1) is 21.7. The molecule has 2 aromatic carbocycles. The van der Waals surface area contributed by atoms with Gasteiger partial charge in [-0.1, -0.05) is 6.07 Å². The molecule has 2 aliphatic rings. The Morgan fingerprint density at radius 2 is 1.73 bits per heavy atom. The van der Waals surface area contributed by atoms with Gasteiger partial charge in [0, 0.05) is 18.6 Å². The van der Waals surface area contributed by atoms with Crippen molar-refractivity contribution in [1.82, 2.24) is 0 Å². The number of rotatable bonds is 4. The van der Waals surface area contributed by atoms with Crippen molar-refractivity contribution in [3.63, 3.8) is 0 Å². The molecule has 4 N–H and O–H groups in total. The number of aliphatic hydroxyl groups is 4. The molecule has 5 atom stereocenters. The second kappa shape index (κ2) is 8.68. The Balaban J connectivity index is 1.42. The van der Waals surface area contributed by atoms with E-state index in [-0.39, 0.29) is 18.5 Å². The highest BCUT2D eigenvalue weighted by atomic mass is 16.6. The van der Waals surface area contributed by atoms with E-state index in [0.29, 0.717) is 52.6 Å². The summed E-state index contributed by atoms with van der Waals surface area (Å²) >= 11 is 0. The van der Waals surface area contributed by atoms with Crippen LogP contribution in [0.3, 0.4) is 0 Å². The molecule has 0 spiro atoms. The Labute approximate surface area is 188 Å². The lowest BCUT2D eigenvalue weighted by Gasteiger charge is -2.39. The van der Waals surface area contributed by atoms with Crippen molar-refractivity contribution in [2.24, 2.45) is 5.92 Å². The highest BCUT2D eigenvalue weighted by Gasteiger charge is 2.43. The maximum Gasteiger partial charge on any atom is 0.200 e. The first-order valence-corrected chi connectivity index (χ1v) is 10.7. The van der Waals surface area contributed by atoms with Gasteiger partial charge in [-0.05, 0) is 36.2 Å². The second-order valence-electron chi connectivity index (χ2n) is 8.30. The molecule has 5 unspecified atom stereocenters. The van der Waals surface area contributed by atoms with Crippen LogP contribution in [0, 0.1) is 5.92 Å². The number of ether oxygens (including phenoxy) is 3. The molecule has 174 valence electrons. The van der Waals surface area contributed by atoms with Crippen molar-refractivity contribution in [3.05, 3.63) is 52.9 Å². The highest BCUT2D eigenvalue weighted by molar-refractivity contribution is 5.83. The highest BCUT2D eigenvalue weighted by Crippen LogP contribution is 2.35. The van der Waals surface area contributed by atoms with E-state index in [1.54, 1.807) is 30.3 Å². The van der Waals surface area contributed by atoms with Gasteiger partial charge in [-0.3, -0.25) is 4.79 Å². The molecule has 0 bridgehead atoms. The monoisotopic (exact) mass is 456 g/mol. The van der Waals surface area contributed by atoms with Gasteiger partial charge in [-0.25, -0.2) is 0 Å². The van der Waals surface area contributed by atoms with Crippen LogP contribution in [-0.4, -0.2) is 64.7 Å². The molecule has 3 aromatic rings. The molecular weight excluding hydrogens is 432 g/mol. The Hall–Kier alpha value is -3.11. The van der Waals surface area contributed by atoms with E-state index in [9.17, 15) is 25.2 Å². The first-order valence-electron chi connectivity index (χ1n) is 10.7. The van der Waals surface area contributed by atoms with E-state index in [1.807, 2.05) is 0 Å². The maximum atomic E-state index is 13.1. The summed E-state index contributed by atoms with van der Waals surface area (Å²) in [5, 5.41) is 40.1. The van der Waals surface area contributed by atoms with Crippen molar-refractivity contribution >= 4 is 11.0 Å². The fourth-order valence-corrected chi connectivity index (χ4v) is 4.35. The van der Waals surface area contributed by atoms with Gasteiger partial charge in [0.25, 0.3) is 0 Å². The van der Waals surface area contributed by atoms with E-state index in [1.165, 1.54) is 12.3 Å². The van der Waals surface area contributed by atoms with Crippen molar-refractivity contribution in [2.75, 3.05) is 19.8 Å². The van der Waals surface area contributed by atoms with E-state index < -0.39 is 30.3 Å². The molecule has 0 saturated heterocycles. The van der Waals surface area contributed by atoms with Crippen LogP contribution in [0.1, 0.15) is 6.42 Å². The number of hydrogen-bond acceptors (Lipinski definition) is 9. The summed E-state index contributed by atoms with van der Waals surface area (Å²) < 4.78 is 22.7. The fourth-order valence-electron chi connectivity index (χ4n) is 4.35. The second-order valence-corrected chi connectivity index (χ2v) is 8.30. The van der Waals surface area contributed by atoms with Crippen molar-refractivity contribution in [3.8, 4) is 28.4 Å². The van der Waals surface area contributed by atoms with Crippen LogP contribution in [0.2, 0.25) is 0 Å². The molecule has 1 aliphatic heterocycles. The number of fused-ring (bicyclic) bond motifs is 2. The lowest BCUT2D eigenvalue weighted by Crippen LogP contribution is -2.56. The Morgan fingerprint density at radius 3 is 2.52 bits per heavy atom. The third-order valence-corrected chi connectivity index (χ3v) is 6.22. The van der Waals surface area contributed by atoms with E-state index in [4.69, 9.17) is 18.6 Å². The summed E-state index contributed by atoms with van der Waals surface area (Å²) in [5.41, 5.74) is 1.08. The smallest absolute Gasteiger partial charge is 0.200 e. The van der Waals surface area contributed by atoms with Crippen LogP contribution in [0.5, 0.6) is 17.2 Å². The Bertz CT molecular complexity index is 1220. The van der Waals surface area contributed by atoms with Crippen LogP contribution >= 0.6 is 0 Å². The van der Waals surface area contributed by atoms with Crippen molar-refractivity contribution < 1.29 is 39.1 Å². The zero-order valence-electron chi connectivity index (χ0n) is 17.6. The summed E-state index contributed by atoms with van der Waals surface area (Å²) in [7, 11) is 0. The van der Waals surface area contributed by atoms with Gasteiger partial charge >= 0.3 is 0 Å². The minimum absolute atomic E-state index is 0.154. The summed E-state index contributed by atoms with van der Waals surface area (Å²) in [5.74, 6) is 0.895. The molecule has 1 aliphatic carbocycles. The summed E-state index contributed by atoms with van der Waals surface area (Å²) in [6.45, 7) is 0.573. The molecule has 0 amide bonds. The minimum Gasteiger partial charge on any atom is -0.487 e. The lowest BCUT2D eigenvalue weighted by molar-refractivity contribution is -0.156. The Kier molecular flexibility index (Phi) is 5.71. The largest absolute Gasteiger partial charge is 0.487 e. The average Bonchev–Trinajstić information content (AvgIpc) is 2.84. The zero-order chi connectivity index (χ0) is 23.1. The molecule has 2 heterocycles. The summed E-state index contributed by atoms with van der Waals surface area (Å²) in [4.78, 5) is 13.1. The van der Waals surface area contributed by atoms with Crippen LogP contribution < -0.4 is 19.6 Å². The molecule has 9 heteroatoms. The third kappa shape index (κ3) is 3.93. The van der Waals surface area contributed by atoms with Crippen LogP contribution in [0.4, 0.5) is 0 Å². The molecular formula is C24H24O9. The molecule has 1 aromatic heterocycles. The number of benzene rings is 2. The molecule has 1 fully saturated rings. The average molecular weight is 456 g/mol. The summed E-state index contributed by atoms with van der Waals surface area (Å²) in [6, 6.07) is 9.94. The molecule has 1 saturated carbocycles. The lowest BCUT2D eigenvalue weighted by atomic mass is 9.81. The van der Waals surface area contributed by atoms with Gasteiger partial charge in [0.05, 0.1) is 17.1 Å². The number of aliphatic hydroxyl groups excluding tert-OH is 4. The van der Waals surface area contributed by atoms with Crippen LogP contribution in [0.25, 0.3) is 22.1 Å². The molecule has 9 nitrogen and oxygen atoms in total. The minimum atomic E-state index is -1.44. The van der Waals surface area contributed by atoms with Crippen LogP contribution in [0.15, 0.2) is 51.9 Å². The topological polar surface area (TPSA) is 139 Å². The van der Waals surface area contributed by atoms with Gasteiger partial charge in [-0.2, -0.15) is 0 Å². The molecule has 5 rings (SSSR count). The molecule has 0 radical (unpaired) electrons. The van der Waals surface area contributed by atoms with Gasteiger partial charge < -0.3 is 39.1 Å². The predicted octanol–water partition coefficient (Wildman–Crippen LogP) is 1.07. The molecule has 33 heavy (non-hydrogen) atoms. The van der Waals surface area contributed by atoms with E-state index in [0.717, 1.165) is 0 Å². The third-order valence-electron chi connectivity index (χ3n) is 6.22. The SMILES string of the molecule is O=c1c(-c2ccc3c(c2)OCCO3)coc2cc(OC3CC(CO)C(O)C(O)C3O)ccc12. The summed E-state index contributed by atoms with van der Waals surface area (Å²) in [6.07, 6.45) is -3.32. The van der Waals surface area contributed by atoms with Crippen molar-refractivity contribution in [1.29, 1.82) is 0 Å². The van der Waals surface area contributed by atoms with Gasteiger partial charge in [0.2, 0.25) is 0 Å². The number of hydrogen-bond donors (Lipinski definition) is 4.